The molecule has 0 saturated heterocycles. The van der Waals surface area contributed by atoms with Crippen molar-refractivity contribution in [3.05, 3.63) is 70.2 Å². The number of rotatable bonds is 7. The second kappa shape index (κ2) is 10.4. The summed E-state index contributed by atoms with van der Waals surface area (Å²) in [4.78, 5) is 32.6. The molecule has 0 fully saturated rings. The fraction of sp³-hybridized carbons (Fsp3) is 0.240. The van der Waals surface area contributed by atoms with E-state index in [1.54, 1.807) is 18.2 Å². The van der Waals surface area contributed by atoms with Gasteiger partial charge in [0.05, 0.1) is 33.6 Å². The van der Waals surface area contributed by atoms with Crippen molar-refractivity contribution in [3.63, 3.8) is 0 Å². The number of thiazole rings is 1. The topological polar surface area (TPSA) is 90.0 Å². The van der Waals surface area contributed by atoms with E-state index in [2.05, 4.69) is 10.3 Å². The maximum absolute atomic E-state index is 12.8. The van der Waals surface area contributed by atoms with Gasteiger partial charge in [0.15, 0.2) is 16.6 Å². The maximum atomic E-state index is 12.8. The molecule has 3 aromatic rings. The van der Waals surface area contributed by atoms with Gasteiger partial charge in [0.2, 0.25) is 11.7 Å². The van der Waals surface area contributed by atoms with Crippen LogP contribution in [0.25, 0.3) is 6.08 Å². The Morgan fingerprint density at radius 3 is 2.41 bits per heavy atom. The molecule has 0 unspecified atom stereocenters. The minimum absolute atomic E-state index is 0.00137. The number of methoxy groups -OCH3 is 3. The van der Waals surface area contributed by atoms with E-state index in [1.807, 2.05) is 35.2 Å². The van der Waals surface area contributed by atoms with Gasteiger partial charge in [-0.25, -0.2) is 4.98 Å². The summed E-state index contributed by atoms with van der Waals surface area (Å²) in [5.41, 5.74) is 2.31. The zero-order chi connectivity index (χ0) is 24.1. The number of anilines is 1. The Bertz CT molecular complexity index is 1200. The Hall–Kier alpha value is -3.85. The molecule has 0 aliphatic carbocycles. The van der Waals surface area contributed by atoms with Crippen LogP contribution in [0.5, 0.6) is 17.2 Å². The predicted octanol–water partition coefficient (Wildman–Crippen LogP) is 4.02. The molecule has 0 spiro atoms. The third kappa shape index (κ3) is 5.04. The maximum Gasteiger partial charge on any atom is 0.254 e. The lowest BCUT2D eigenvalue weighted by Crippen LogP contribution is -2.35. The van der Waals surface area contributed by atoms with Crippen LogP contribution in [0.15, 0.2) is 48.5 Å². The number of nitrogens with zero attached hydrogens (tertiary/aromatic N) is 2. The lowest BCUT2D eigenvalue weighted by atomic mass is 10.1. The van der Waals surface area contributed by atoms with Crippen LogP contribution in [0, 0.1) is 0 Å². The summed E-state index contributed by atoms with van der Waals surface area (Å²) in [6.45, 7) is 1.08. The molecule has 0 atom stereocenters. The summed E-state index contributed by atoms with van der Waals surface area (Å²) in [6.07, 6.45) is 3.74. The van der Waals surface area contributed by atoms with Crippen molar-refractivity contribution >= 4 is 34.4 Å². The van der Waals surface area contributed by atoms with Gasteiger partial charge in [-0.2, -0.15) is 0 Å². The molecule has 2 heterocycles. The van der Waals surface area contributed by atoms with E-state index in [9.17, 15) is 9.59 Å². The number of amides is 2. The standard InChI is InChI=1S/C25H25N3O5S/c1-31-19-13-16(14-20(32-2)23(19)33-3)9-10-22(29)27-25-26-18-11-12-28(15-21(18)34-25)24(30)17-7-5-4-6-8-17/h4-10,13-14H,11-12,15H2,1-3H3,(H,26,27,29)/b10-9+. The van der Waals surface area contributed by atoms with Crippen molar-refractivity contribution in [3.8, 4) is 17.2 Å². The number of carbonyl (C=O) groups excluding carboxylic acids is 2. The number of ether oxygens (including phenoxy) is 3. The molecular weight excluding hydrogens is 454 g/mol. The largest absolute Gasteiger partial charge is 0.493 e. The minimum atomic E-state index is -0.308. The van der Waals surface area contributed by atoms with Gasteiger partial charge in [0.25, 0.3) is 5.91 Å². The zero-order valence-electron chi connectivity index (χ0n) is 19.2. The second-order valence-corrected chi connectivity index (χ2v) is 8.60. The molecule has 8 nitrogen and oxygen atoms in total. The number of hydrogen-bond acceptors (Lipinski definition) is 7. The molecule has 9 heteroatoms. The first-order valence-electron chi connectivity index (χ1n) is 10.6. The van der Waals surface area contributed by atoms with Crippen molar-refractivity contribution in [2.45, 2.75) is 13.0 Å². The van der Waals surface area contributed by atoms with E-state index in [0.29, 0.717) is 47.5 Å². The van der Waals surface area contributed by atoms with Gasteiger partial charge in [0, 0.05) is 29.5 Å². The number of hydrogen-bond donors (Lipinski definition) is 1. The van der Waals surface area contributed by atoms with Crippen LogP contribution in [-0.2, 0) is 17.8 Å². The molecular formula is C25H25N3O5S. The average molecular weight is 480 g/mol. The Labute approximate surface area is 201 Å². The first-order valence-corrected chi connectivity index (χ1v) is 11.5. The number of benzene rings is 2. The molecule has 4 rings (SSSR count). The van der Waals surface area contributed by atoms with Crippen LogP contribution < -0.4 is 19.5 Å². The van der Waals surface area contributed by atoms with Crippen LogP contribution in [0.4, 0.5) is 5.13 Å². The highest BCUT2D eigenvalue weighted by Crippen LogP contribution is 2.38. The smallest absolute Gasteiger partial charge is 0.254 e. The van der Waals surface area contributed by atoms with Gasteiger partial charge < -0.3 is 19.1 Å². The number of carbonyl (C=O) groups is 2. The lowest BCUT2D eigenvalue weighted by molar-refractivity contribution is -0.111. The Morgan fingerprint density at radius 1 is 1.06 bits per heavy atom. The van der Waals surface area contributed by atoms with Crippen LogP contribution in [0.1, 0.15) is 26.5 Å². The molecule has 1 aliphatic rings. The van der Waals surface area contributed by atoms with Gasteiger partial charge in [-0.05, 0) is 35.9 Å². The Balaban J connectivity index is 1.42. The third-order valence-electron chi connectivity index (χ3n) is 5.38. The third-order valence-corrected chi connectivity index (χ3v) is 6.38. The van der Waals surface area contributed by atoms with Gasteiger partial charge in [-0.1, -0.05) is 29.5 Å². The first kappa shape index (κ1) is 23.3. The zero-order valence-corrected chi connectivity index (χ0v) is 20.0. The molecule has 176 valence electrons. The second-order valence-electron chi connectivity index (χ2n) is 7.51. The molecule has 0 bridgehead atoms. The minimum Gasteiger partial charge on any atom is -0.493 e. The van der Waals surface area contributed by atoms with Crippen LogP contribution in [0.3, 0.4) is 0 Å². The highest BCUT2D eigenvalue weighted by Gasteiger charge is 2.25. The Kier molecular flexibility index (Phi) is 7.12. The predicted molar refractivity (Wildman–Crippen MR) is 131 cm³/mol. The van der Waals surface area contributed by atoms with E-state index >= 15 is 0 Å². The average Bonchev–Trinajstić information content (AvgIpc) is 3.28. The molecule has 34 heavy (non-hydrogen) atoms. The van der Waals surface area contributed by atoms with Crippen LogP contribution in [0.2, 0.25) is 0 Å². The summed E-state index contributed by atoms with van der Waals surface area (Å²) in [5.74, 6) is 1.18. The monoisotopic (exact) mass is 479 g/mol. The van der Waals surface area contributed by atoms with Crippen molar-refractivity contribution in [1.82, 2.24) is 9.88 Å². The summed E-state index contributed by atoms with van der Waals surface area (Å²) >= 11 is 1.39. The summed E-state index contributed by atoms with van der Waals surface area (Å²) in [7, 11) is 4.61. The Morgan fingerprint density at radius 2 is 1.76 bits per heavy atom. The van der Waals surface area contributed by atoms with Crippen molar-refractivity contribution in [2.24, 2.45) is 0 Å². The van der Waals surface area contributed by atoms with E-state index < -0.39 is 0 Å². The lowest BCUT2D eigenvalue weighted by Gasteiger charge is -2.26. The normalized spacial score (nSPS) is 12.9. The van der Waals surface area contributed by atoms with E-state index in [-0.39, 0.29) is 11.8 Å². The van der Waals surface area contributed by atoms with Gasteiger partial charge in [-0.3, -0.25) is 14.9 Å². The summed E-state index contributed by atoms with van der Waals surface area (Å²) in [6, 6.07) is 12.7. The SMILES string of the molecule is COc1cc(/C=C/C(=O)Nc2nc3c(s2)CN(C(=O)c2ccccc2)CC3)cc(OC)c1OC. The quantitative estimate of drug-likeness (QED) is 0.515. The first-order chi connectivity index (χ1) is 16.5. The van der Waals surface area contributed by atoms with E-state index in [0.717, 1.165) is 16.1 Å². The van der Waals surface area contributed by atoms with E-state index in [1.165, 1.54) is 38.7 Å². The van der Waals surface area contributed by atoms with Crippen molar-refractivity contribution < 1.29 is 23.8 Å². The number of aromatic nitrogens is 1. The van der Waals surface area contributed by atoms with Crippen molar-refractivity contribution in [1.29, 1.82) is 0 Å². The molecule has 0 saturated carbocycles. The molecule has 0 radical (unpaired) electrons. The molecule has 1 aromatic heterocycles. The highest BCUT2D eigenvalue weighted by atomic mass is 32.1. The molecule has 2 amide bonds. The molecule has 1 N–H and O–H groups in total. The number of nitrogens with one attached hydrogen (secondary N) is 1. The van der Waals surface area contributed by atoms with Gasteiger partial charge >= 0.3 is 0 Å². The summed E-state index contributed by atoms with van der Waals surface area (Å²) < 4.78 is 16.0. The van der Waals surface area contributed by atoms with Crippen molar-refractivity contribution in [2.75, 3.05) is 33.2 Å². The van der Waals surface area contributed by atoms with Gasteiger partial charge in [-0.15, -0.1) is 0 Å². The van der Waals surface area contributed by atoms with Gasteiger partial charge in [0.1, 0.15) is 0 Å². The molecule has 1 aliphatic heterocycles. The van der Waals surface area contributed by atoms with E-state index in [4.69, 9.17) is 14.2 Å². The van der Waals surface area contributed by atoms with Crippen LogP contribution in [-0.4, -0.2) is 49.6 Å². The fourth-order valence-electron chi connectivity index (χ4n) is 3.70. The van der Waals surface area contributed by atoms with Crippen LogP contribution >= 0.6 is 11.3 Å². The highest BCUT2D eigenvalue weighted by molar-refractivity contribution is 7.15. The molecule has 2 aromatic carbocycles. The fourth-order valence-corrected chi connectivity index (χ4v) is 4.73. The summed E-state index contributed by atoms with van der Waals surface area (Å²) in [5, 5.41) is 3.33. The number of fused-ring (bicyclic) bond motifs is 1.